The molecule has 6 nitrogen and oxygen atoms in total. The predicted octanol–water partition coefficient (Wildman–Crippen LogP) is 2.23. The van der Waals surface area contributed by atoms with Gasteiger partial charge in [0.1, 0.15) is 5.03 Å². The Labute approximate surface area is 147 Å². The number of aromatic nitrogens is 1. The lowest BCUT2D eigenvalue weighted by molar-refractivity contribution is -0.125. The molecule has 0 atom stereocenters. The summed E-state index contributed by atoms with van der Waals surface area (Å²) in [5.41, 5.74) is 0.852. The predicted molar refractivity (Wildman–Crippen MR) is 95.3 cm³/mol. The summed E-state index contributed by atoms with van der Waals surface area (Å²) in [5.74, 6) is 0.714. The Bertz CT molecular complexity index is 566. The second kappa shape index (κ2) is 9.64. The van der Waals surface area contributed by atoms with Crippen molar-refractivity contribution in [2.45, 2.75) is 44.2 Å². The van der Waals surface area contributed by atoms with Gasteiger partial charge in [0, 0.05) is 44.5 Å². The normalized spacial score (nSPS) is 13.7. The summed E-state index contributed by atoms with van der Waals surface area (Å²) in [6.45, 7) is 5.84. The number of rotatable bonds is 8. The Balaban J connectivity index is 1.71. The molecule has 0 fully saturated rings. The maximum absolute atomic E-state index is 12.4. The zero-order valence-electron chi connectivity index (χ0n) is 14.3. The molecule has 0 aromatic carbocycles. The average Bonchev–Trinajstić information content (AvgIpc) is 2.58. The van der Waals surface area contributed by atoms with Gasteiger partial charge in [-0.1, -0.05) is 0 Å². The van der Waals surface area contributed by atoms with Crippen molar-refractivity contribution in [3.05, 3.63) is 18.3 Å². The molecule has 1 aliphatic rings. The van der Waals surface area contributed by atoms with Crippen LogP contribution in [0.4, 0.5) is 5.69 Å². The minimum Gasteiger partial charge on any atom is -0.379 e. The molecule has 2 heterocycles. The van der Waals surface area contributed by atoms with Crippen molar-refractivity contribution in [3.8, 4) is 0 Å². The number of hydrogen-bond acceptors (Lipinski definition) is 5. The van der Waals surface area contributed by atoms with Crippen LogP contribution in [0.25, 0.3) is 0 Å². The number of nitrogens with zero attached hydrogens (tertiary/aromatic N) is 2. The zero-order chi connectivity index (χ0) is 17.4. The quantitative estimate of drug-likeness (QED) is 0.727. The van der Waals surface area contributed by atoms with Gasteiger partial charge in [-0.2, -0.15) is 0 Å². The molecule has 0 saturated heterocycles. The number of fused-ring (bicyclic) bond motifs is 1. The number of ether oxygens (including phenoxy) is 1. The maximum Gasteiger partial charge on any atom is 0.227 e. The van der Waals surface area contributed by atoms with Crippen molar-refractivity contribution in [2.24, 2.45) is 0 Å². The minimum atomic E-state index is -0.0920. The molecule has 0 spiro atoms. The van der Waals surface area contributed by atoms with Crippen molar-refractivity contribution >= 4 is 29.3 Å². The van der Waals surface area contributed by atoms with E-state index in [1.807, 2.05) is 26.0 Å². The molecule has 0 aliphatic carbocycles. The second-order valence-electron chi connectivity index (χ2n) is 5.84. The fourth-order valence-corrected chi connectivity index (χ4v) is 3.30. The lowest BCUT2D eigenvalue weighted by atomic mass is 10.2. The van der Waals surface area contributed by atoms with Crippen LogP contribution in [0, 0.1) is 0 Å². The summed E-state index contributed by atoms with van der Waals surface area (Å²) >= 11 is 1.66. The van der Waals surface area contributed by atoms with Gasteiger partial charge in [-0.25, -0.2) is 4.98 Å². The molecule has 0 saturated carbocycles. The molecular formula is C17H25N3O3S. The van der Waals surface area contributed by atoms with Gasteiger partial charge in [0.2, 0.25) is 11.8 Å². The third-order valence-electron chi connectivity index (χ3n) is 3.56. The summed E-state index contributed by atoms with van der Waals surface area (Å²) in [6, 6.07) is 3.73. The molecule has 1 aromatic heterocycles. The fraction of sp³-hybridized carbons (Fsp3) is 0.588. The summed E-state index contributed by atoms with van der Waals surface area (Å²) < 4.78 is 5.41. The van der Waals surface area contributed by atoms with E-state index in [2.05, 4.69) is 10.3 Å². The number of hydrogen-bond donors (Lipinski definition) is 1. The number of carbonyl (C=O) groups excluding carboxylic acids is 2. The molecule has 1 N–H and O–H groups in total. The summed E-state index contributed by atoms with van der Waals surface area (Å²) in [5, 5.41) is 3.71. The van der Waals surface area contributed by atoms with Gasteiger partial charge in [-0.3, -0.25) is 9.59 Å². The van der Waals surface area contributed by atoms with E-state index in [9.17, 15) is 9.59 Å². The molecule has 0 bridgehead atoms. The first kappa shape index (κ1) is 18.7. The monoisotopic (exact) mass is 351 g/mol. The highest BCUT2D eigenvalue weighted by atomic mass is 32.2. The standard InChI is InChI=1S/C17H25N3O3S/c1-13(2)23-11-4-9-18-15(21)6-7-16(22)20-10-12-24-17-14(20)5-3-8-19-17/h3,5,8,13H,4,6-7,9-12H2,1-2H3,(H,18,21). The highest BCUT2D eigenvalue weighted by Crippen LogP contribution is 2.32. The van der Waals surface area contributed by atoms with E-state index in [1.54, 1.807) is 22.9 Å². The largest absolute Gasteiger partial charge is 0.379 e. The highest BCUT2D eigenvalue weighted by molar-refractivity contribution is 7.99. The summed E-state index contributed by atoms with van der Waals surface area (Å²) in [4.78, 5) is 30.3. The third kappa shape index (κ3) is 5.79. The molecule has 24 heavy (non-hydrogen) atoms. The summed E-state index contributed by atoms with van der Waals surface area (Å²) in [6.07, 6.45) is 3.14. The number of carbonyl (C=O) groups is 2. The van der Waals surface area contributed by atoms with E-state index < -0.39 is 0 Å². The van der Waals surface area contributed by atoms with Crippen LogP contribution in [0.2, 0.25) is 0 Å². The van der Waals surface area contributed by atoms with Crippen molar-refractivity contribution in [3.63, 3.8) is 0 Å². The van der Waals surface area contributed by atoms with Gasteiger partial charge in [0.15, 0.2) is 0 Å². The summed E-state index contributed by atoms with van der Waals surface area (Å²) in [7, 11) is 0. The molecule has 2 amide bonds. The Kier molecular flexibility index (Phi) is 7.52. The first-order valence-electron chi connectivity index (χ1n) is 8.34. The third-order valence-corrected chi connectivity index (χ3v) is 4.53. The van der Waals surface area contributed by atoms with Gasteiger partial charge >= 0.3 is 0 Å². The van der Waals surface area contributed by atoms with E-state index >= 15 is 0 Å². The van der Waals surface area contributed by atoms with Gasteiger partial charge < -0.3 is 15.0 Å². The van der Waals surface area contributed by atoms with Gasteiger partial charge in [0.25, 0.3) is 0 Å². The first-order valence-corrected chi connectivity index (χ1v) is 9.33. The molecule has 2 rings (SSSR count). The molecule has 1 aromatic rings. The van der Waals surface area contributed by atoms with E-state index in [1.165, 1.54) is 0 Å². The van der Waals surface area contributed by atoms with E-state index in [0.717, 1.165) is 22.9 Å². The molecular weight excluding hydrogens is 326 g/mol. The Morgan fingerprint density at radius 3 is 3.04 bits per heavy atom. The lowest BCUT2D eigenvalue weighted by Gasteiger charge is -2.28. The van der Waals surface area contributed by atoms with Crippen LogP contribution >= 0.6 is 11.8 Å². The van der Waals surface area contributed by atoms with Gasteiger partial charge in [-0.15, -0.1) is 11.8 Å². The van der Waals surface area contributed by atoms with E-state index in [0.29, 0.717) is 19.7 Å². The highest BCUT2D eigenvalue weighted by Gasteiger charge is 2.23. The van der Waals surface area contributed by atoms with Crippen LogP contribution in [0.5, 0.6) is 0 Å². The van der Waals surface area contributed by atoms with Crippen LogP contribution < -0.4 is 10.2 Å². The SMILES string of the molecule is CC(C)OCCCNC(=O)CCC(=O)N1CCSc2ncccc21. The topological polar surface area (TPSA) is 71.5 Å². The van der Waals surface area contributed by atoms with Gasteiger partial charge in [0.05, 0.1) is 11.8 Å². The van der Waals surface area contributed by atoms with Crippen LogP contribution in [0.15, 0.2) is 23.4 Å². The zero-order valence-corrected chi connectivity index (χ0v) is 15.1. The van der Waals surface area contributed by atoms with E-state index in [-0.39, 0.29) is 30.8 Å². The Hall–Kier alpha value is -1.60. The average molecular weight is 351 g/mol. The molecule has 0 radical (unpaired) electrons. The molecule has 132 valence electrons. The van der Waals surface area contributed by atoms with Crippen LogP contribution in [0.3, 0.4) is 0 Å². The number of pyridine rings is 1. The van der Waals surface area contributed by atoms with E-state index in [4.69, 9.17) is 4.74 Å². The van der Waals surface area contributed by atoms with Crippen molar-refractivity contribution in [1.82, 2.24) is 10.3 Å². The number of amides is 2. The van der Waals surface area contributed by atoms with Crippen molar-refractivity contribution < 1.29 is 14.3 Å². The smallest absolute Gasteiger partial charge is 0.227 e. The number of thioether (sulfide) groups is 1. The molecule has 1 aliphatic heterocycles. The number of nitrogens with one attached hydrogen (secondary N) is 1. The van der Waals surface area contributed by atoms with Crippen LogP contribution in [0.1, 0.15) is 33.1 Å². The fourth-order valence-electron chi connectivity index (χ4n) is 2.37. The minimum absolute atomic E-state index is 0.0251. The molecule has 7 heteroatoms. The van der Waals surface area contributed by atoms with Crippen molar-refractivity contribution in [2.75, 3.05) is 30.3 Å². The van der Waals surface area contributed by atoms with Crippen LogP contribution in [-0.4, -0.2) is 48.4 Å². The Morgan fingerprint density at radius 1 is 1.42 bits per heavy atom. The Morgan fingerprint density at radius 2 is 2.25 bits per heavy atom. The van der Waals surface area contributed by atoms with Gasteiger partial charge in [-0.05, 0) is 32.4 Å². The first-order chi connectivity index (χ1) is 11.6. The van der Waals surface area contributed by atoms with Crippen LogP contribution in [-0.2, 0) is 14.3 Å². The van der Waals surface area contributed by atoms with Crippen molar-refractivity contribution in [1.29, 1.82) is 0 Å². The second-order valence-corrected chi connectivity index (χ2v) is 6.93. The number of anilines is 1. The molecule has 0 unspecified atom stereocenters. The lowest BCUT2D eigenvalue weighted by Crippen LogP contribution is -2.36. The maximum atomic E-state index is 12.4.